The number of likely N-dealkylation sites (tertiary alicyclic amines) is 1. The zero-order chi connectivity index (χ0) is 19.5. The van der Waals surface area contributed by atoms with Crippen molar-refractivity contribution in [2.24, 2.45) is 0 Å². The second-order valence-corrected chi connectivity index (χ2v) is 6.88. The van der Waals surface area contributed by atoms with Crippen molar-refractivity contribution in [3.63, 3.8) is 0 Å². The zero-order valence-corrected chi connectivity index (χ0v) is 16.2. The molecule has 7 heteroatoms. The van der Waals surface area contributed by atoms with E-state index in [0.717, 1.165) is 36.4 Å². The highest BCUT2D eigenvalue weighted by Gasteiger charge is 2.33. The molecule has 1 fully saturated rings. The van der Waals surface area contributed by atoms with Gasteiger partial charge in [-0.2, -0.15) is 0 Å². The summed E-state index contributed by atoms with van der Waals surface area (Å²) in [5.74, 6) is 2.33. The summed E-state index contributed by atoms with van der Waals surface area (Å²) in [7, 11) is 3.24. The highest BCUT2D eigenvalue weighted by Crippen LogP contribution is 2.34. The van der Waals surface area contributed by atoms with Gasteiger partial charge in [0.15, 0.2) is 23.0 Å². The minimum Gasteiger partial charge on any atom is -0.493 e. The van der Waals surface area contributed by atoms with Gasteiger partial charge in [-0.3, -0.25) is 9.20 Å². The van der Waals surface area contributed by atoms with Crippen molar-refractivity contribution in [2.45, 2.75) is 31.7 Å². The van der Waals surface area contributed by atoms with Gasteiger partial charge in [0.1, 0.15) is 0 Å². The molecular weight excluding hydrogens is 356 g/mol. The Hall–Kier alpha value is -3.09. The Morgan fingerprint density at radius 2 is 2.04 bits per heavy atom. The van der Waals surface area contributed by atoms with E-state index >= 15 is 0 Å². The molecule has 0 radical (unpaired) electrons. The predicted octanol–water partition coefficient (Wildman–Crippen LogP) is 3.04. The van der Waals surface area contributed by atoms with Crippen molar-refractivity contribution in [1.82, 2.24) is 19.5 Å². The van der Waals surface area contributed by atoms with E-state index in [1.165, 1.54) is 0 Å². The Morgan fingerprint density at radius 1 is 1.14 bits per heavy atom. The fourth-order valence-corrected chi connectivity index (χ4v) is 3.96. The number of para-hydroxylation sites is 1. The van der Waals surface area contributed by atoms with Gasteiger partial charge in [0.05, 0.1) is 20.3 Å². The number of hydrogen-bond acceptors (Lipinski definition) is 5. The van der Waals surface area contributed by atoms with E-state index in [-0.39, 0.29) is 11.9 Å². The Labute approximate surface area is 163 Å². The number of carbonyl (C=O) groups excluding carboxylic acids is 1. The van der Waals surface area contributed by atoms with Crippen molar-refractivity contribution >= 4 is 11.6 Å². The first kappa shape index (κ1) is 18.3. The number of pyridine rings is 1. The van der Waals surface area contributed by atoms with Gasteiger partial charge in [-0.25, -0.2) is 0 Å². The molecule has 1 amide bonds. The molecule has 28 heavy (non-hydrogen) atoms. The molecular formula is C21H24N4O3. The first-order valence-corrected chi connectivity index (χ1v) is 9.52. The molecule has 7 nitrogen and oxygen atoms in total. The fraction of sp³-hybridized carbons (Fsp3) is 0.381. The molecule has 0 saturated carbocycles. The van der Waals surface area contributed by atoms with Crippen molar-refractivity contribution in [2.75, 3.05) is 20.8 Å². The molecule has 3 aromatic rings. The number of amides is 1. The smallest absolute Gasteiger partial charge is 0.223 e. The average molecular weight is 380 g/mol. The third kappa shape index (κ3) is 3.28. The number of benzene rings is 1. The molecule has 0 bridgehead atoms. The monoisotopic (exact) mass is 380 g/mol. The number of ether oxygens (including phenoxy) is 2. The highest BCUT2D eigenvalue weighted by atomic mass is 16.5. The van der Waals surface area contributed by atoms with Gasteiger partial charge < -0.3 is 14.4 Å². The zero-order valence-electron chi connectivity index (χ0n) is 16.2. The van der Waals surface area contributed by atoms with Crippen LogP contribution in [0.5, 0.6) is 11.5 Å². The van der Waals surface area contributed by atoms with Crippen LogP contribution in [0.15, 0.2) is 42.6 Å². The second-order valence-electron chi connectivity index (χ2n) is 6.88. The fourth-order valence-electron chi connectivity index (χ4n) is 3.96. The van der Waals surface area contributed by atoms with Gasteiger partial charge in [-0.1, -0.05) is 18.2 Å². The molecule has 0 unspecified atom stereocenters. The van der Waals surface area contributed by atoms with Crippen molar-refractivity contribution in [3.8, 4) is 11.5 Å². The molecule has 1 aliphatic rings. The van der Waals surface area contributed by atoms with Gasteiger partial charge >= 0.3 is 0 Å². The molecule has 1 aliphatic heterocycles. The molecule has 1 saturated heterocycles. The van der Waals surface area contributed by atoms with Crippen LogP contribution in [0.4, 0.5) is 0 Å². The molecule has 1 aromatic carbocycles. The molecule has 4 rings (SSSR count). The topological polar surface area (TPSA) is 69.0 Å². The Balaban J connectivity index is 1.50. The first-order chi connectivity index (χ1) is 13.7. The van der Waals surface area contributed by atoms with Crippen molar-refractivity contribution in [1.29, 1.82) is 0 Å². The van der Waals surface area contributed by atoms with E-state index in [1.54, 1.807) is 14.2 Å². The maximum Gasteiger partial charge on any atom is 0.223 e. The number of fused-ring (bicyclic) bond motifs is 1. The Morgan fingerprint density at radius 3 is 2.86 bits per heavy atom. The lowest BCUT2D eigenvalue weighted by molar-refractivity contribution is -0.132. The second kappa shape index (κ2) is 7.88. The van der Waals surface area contributed by atoms with Crippen LogP contribution in [0.2, 0.25) is 0 Å². The summed E-state index contributed by atoms with van der Waals surface area (Å²) in [6.07, 6.45) is 4.84. The minimum absolute atomic E-state index is 0.0305. The van der Waals surface area contributed by atoms with Crippen LogP contribution in [-0.2, 0) is 11.2 Å². The van der Waals surface area contributed by atoms with Crippen LogP contribution in [0.1, 0.15) is 36.7 Å². The summed E-state index contributed by atoms with van der Waals surface area (Å²) in [6, 6.07) is 11.5. The molecule has 146 valence electrons. The lowest BCUT2D eigenvalue weighted by atomic mass is 10.1. The molecule has 0 spiro atoms. The van der Waals surface area contributed by atoms with Gasteiger partial charge in [0.25, 0.3) is 0 Å². The lowest BCUT2D eigenvalue weighted by Crippen LogP contribution is -2.31. The molecule has 2 aromatic heterocycles. The standard InChI is InChI=1S/C21H24N4O3/c1-27-17-9-5-7-15(20(17)28-2)11-12-19(26)24-14-6-8-16(24)21-23-22-18-10-3-4-13-25(18)21/h3-5,7,9-10,13,16H,6,8,11-12,14H2,1-2H3/t16-/m1/s1. The van der Waals surface area contributed by atoms with Crippen LogP contribution in [0, 0.1) is 0 Å². The quantitative estimate of drug-likeness (QED) is 0.657. The van der Waals surface area contributed by atoms with E-state index in [2.05, 4.69) is 10.2 Å². The number of hydrogen-bond donors (Lipinski definition) is 0. The molecule has 0 aliphatic carbocycles. The van der Waals surface area contributed by atoms with Crippen LogP contribution in [0.25, 0.3) is 5.65 Å². The van der Waals surface area contributed by atoms with E-state index in [4.69, 9.17) is 9.47 Å². The van der Waals surface area contributed by atoms with E-state index < -0.39 is 0 Å². The van der Waals surface area contributed by atoms with Crippen LogP contribution < -0.4 is 9.47 Å². The van der Waals surface area contributed by atoms with Gasteiger partial charge in [0.2, 0.25) is 5.91 Å². The number of rotatable bonds is 6. The molecule has 0 N–H and O–H groups in total. The number of aromatic nitrogens is 3. The molecule has 1 atom stereocenters. The first-order valence-electron chi connectivity index (χ1n) is 9.52. The third-order valence-electron chi connectivity index (χ3n) is 5.30. The molecule has 3 heterocycles. The summed E-state index contributed by atoms with van der Waals surface area (Å²) in [4.78, 5) is 15.0. The SMILES string of the molecule is COc1cccc(CCC(=O)N2CCC[C@@H]2c2nnc3ccccn23)c1OC. The number of nitrogens with zero attached hydrogens (tertiary/aromatic N) is 4. The van der Waals surface area contributed by atoms with Crippen LogP contribution >= 0.6 is 0 Å². The van der Waals surface area contributed by atoms with Gasteiger partial charge in [-0.15, -0.1) is 10.2 Å². The third-order valence-corrected chi connectivity index (χ3v) is 5.30. The lowest BCUT2D eigenvalue weighted by Gasteiger charge is -2.24. The van der Waals surface area contributed by atoms with Crippen LogP contribution in [-0.4, -0.2) is 46.2 Å². The maximum atomic E-state index is 13.0. The van der Waals surface area contributed by atoms with E-state index in [1.807, 2.05) is 51.9 Å². The summed E-state index contributed by atoms with van der Waals surface area (Å²) >= 11 is 0. The average Bonchev–Trinajstić information content (AvgIpc) is 3.38. The summed E-state index contributed by atoms with van der Waals surface area (Å²) in [5.41, 5.74) is 1.77. The van der Waals surface area contributed by atoms with E-state index in [0.29, 0.717) is 24.3 Å². The normalized spacial score (nSPS) is 16.5. The summed E-state index contributed by atoms with van der Waals surface area (Å²) in [6.45, 7) is 0.750. The summed E-state index contributed by atoms with van der Waals surface area (Å²) in [5, 5.41) is 8.60. The van der Waals surface area contributed by atoms with Gasteiger partial charge in [0, 0.05) is 19.2 Å². The predicted molar refractivity (Wildman–Crippen MR) is 105 cm³/mol. The number of aryl methyl sites for hydroxylation is 1. The van der Waals surface area contributed by atoms with E-state index in [9.17, 15) is 4.79 Å². The summed E-state index contributed by atoms with van der Waals surface area (Å²) < 4.78 is 12.8. The largest absolute Gasteiger partial charge is 0.493 e. The van der Waals surface area contributed by atoms with Gasteiger partial charge in [-0.05, 0) is 43.0 Å². The maximum absolute atomic E-state index is 13.0. The Bertz CT molecular complexity index is 985. The highest BCUT2D eigenvalue weighted by molar-refractivity contribution is 5.77. The number of methoxy groups -OCH3 is 2. The Kier molecular flexibility index (Phi) is 5.14. The van der Waals surface area contributed by atoms with Crippen LogP contribution in [0.3, 0.4) is 0 Å². The number of carbonyl (C=O) groups is 1. The van der Waals surface area contributed by atoms with Crippen molar-refractivity contribution in [3.05, 3.63) is 54.0 Å². The minimum atomic E-state index is -0.0305. The van der Waals surface area contributed by atoms with Crippen molar-refractivity contribution < 1.29 is 14.3 Å².